The molecule has 1 saturated carbocycles. The zero-order chi connectivity index (χ0) is 17.0. The molecule has 4 nitrogen and oxygen atoms in total. The quantitative estimate of drug-likeness (QED) is 0.830. The molecule has 2 N–H and O–H groups in total. The fourth-order valence-electron chi connectivity index (χ4n) is 2.65. The van der Waals surface area contributed by atoms with Gasteiger partial charge >= 0.3 is 12.3 Å². The second kappa shape index (κ2) is 7.53. The molecule has 0 aromatic rings. The highest BCUT2D eigenvalue weighted by Crippen LogP contribution is 2.37. The Hall–Kier alpha value is -0.980. The lowest BCUT2D eigenvalue weighted by atomic mass is 9.84. The molecular formula is C15H27F3N2O2. The molecule has 1 aliphatic rings. The number of hydrogen-bond donors (Lipinski definition) is 2. The number of nitrogens with one attached hydrogen (secondary N) is 2. The van der Waals surface area contributed by atoms with Crippen molar-refractivity contribution in [2.45, 2.75) is 77.2 Å². The Balaban J connectivity index is 2.42. The highest BCUT2D eigenvalue weighted by molar-refractivity contribution is 5.68. The summed E-state index contributed by atoms with van der Waals surface area (Å²) in [7, 11) is 0. The van der Waals surface area contributed by atoms with Crippen molar-refractivity contribution in [2.75, 3.05) is 6.54 Å². The molecule has 0 spiro atoms. The van der Waals surface area contributed by atoms with Crippen LogP contribution in [-0.4, -0.2) is 36.5 Å². The van der Waals surface area contributed by atoms with E-state index in [1.165, 1.54) is 0 Å². The van der Waals surface area contributed by atoms with Crippen molar-refractivity contribution in [1.82, 2.24) is 10.6 Å². The summed E-state index contributed by atoms with van der Waals surface area (Å²) in [5.74, 6) is -1.30. The van der Waals surface area contributed by atoms with Gasteiger partial charge in [-0.15, -0.1) is 0 Å². The van der Waals surface area contributed by atoms with Crippen LogP contribution < -0.4 is 10.6 Å². The molecule has 1 fully saturated rings. The average molecular weight is 324 g/mol. The van der Waals surface area contributed by atoms with Crippen molar-refractivity contribution >= 4 is 6.09 Å². The first kappa shape index (κ1) is 19.1. The Labute approximate surface area is 130 Å². The van der Waals surface area contributed by atoms with E-state index in [0.717, 1.165) is 6.42 Å². The molecule has 0 aromatic carbocycles. The number of ether oxygens (including phenoxy) is 1. The maximum atomic E-state index is 13.0. The first-order valence-electron chi connectivity index (χ1n) is 7.78. The maximum absolute atomic E-state index is 13.0. The molecule has 130 valence electrons. The molecule has 0 aromatic heterocycles. The topological polar surface area (TPSA) is 50.4 Å². The van der Waals surface area contributed by atoms with Crippen molar-refractivity contribution < 1.29 is 22.7 Å². The van der Waals surface area contributed by atoms with Gasteiger partial charge in [-0.3, -0.25) is 0 Å². The van der Waals surface area contributed by atoms with Crippen molar-refractivity contribution in [3.05, 3.63) is 0 Å². The van der Waals surface area contributed by atoms with Crippen LogP contribution in [0.25, 0.3) is 0 Å². The normalized spacial score (nSPS) is 24.7. The number of carbonyl (C=O) groups is 1. The lowest BCUT2D eigenvalue weighted by molar-refractivity contribution is -0.188. The van der Waals surface area contributed by atoms with Gasteiger partial charge in [-0.05, 0) is 40.5 Å². The summed E-state index contributed by atoms with van der Waals surface area (Å²) in [6, 6.07) is -0.873. The van der Waals surface area contributed by atoms with Gasteiger partial charge in [0.2, 0.25) is 0 Å². The summed E-state index contributed by atoms with van der Waals surface area (Å²) in [6.45, 7) is 7.29. The van der Waals surface area contributed by atoms with Crippen molar-refractivity contribution in [3.63, 3.8) is 0 Å². The molecule has 3 unspecified atom stereocenters. The lowest BCUT2D eigenvalue weighted by Gasteiger charge is -2.34. The number of rotatable bonds is 4. The van der Waals surface area contributed by atoms with E-state index in [2.05, 4.69) is 10.6 Å². The SMILES string of the molecule is CC(CNC1CCCCC1C(F)(F)F)NC(=O)OC(C)(C)C. The standard InChI is InChI=1S/C15H27F3N2O2/c1-10(20-13(21)22-14(2,3)4)9-19-12-8-6-5-7-11(12)15(16,17)18/h10-12,19H,5-9H2,1-4H3,(H,20,21). The predicted octanol–water partition coefficient (Wildman–Crippen LogP) is 3.61. The van der Waals surface area contributed by atoms with Gasteiger partial charge in [0.05, 0.1) is 5.92 Å². The van der Waals surface area contributed by atoms with Crippen LogP contribution in [0.5, 0.6) is 0 Å². The van der Waals surface area contributed by atoms with Gasteiger partial charge in [-0.25, -0.2) is 4.79 Å². The molecule has 22 heavy (non-hydrogen) atoms. The van der Waals surface area contributed by atoms with Gasteiger partial charge in [0.25, 0.3) is 0 Å². The average Bonchev–Trinajstić information content (AvgIpc) is 2.33. The third-order valence-electron chi connectivity index (χ3n) is 3.64. The highest BCUT2D eigenvalue weighted by atomic mass is 19.4. The molecule has 7 heteroatoms. The molecule has 1 rings (SSSR count). The molecule has 3 atom stereocenters. The number of carbonyl (C=O) groups excluding carboxylic acids is 1. The van der Waals surface area contributed by atoms with Gasteiger partial charge < -0.3 is 15.4 Å². The summed E-state index contributed by atoms with van der Waals surface area (Å²) in [5, 5.41) is 5.58. The van der Waals surface area contributed by atoms with Crippen LogP contribution in [0.1, 0.15) is 53.4 Å². The van der Waals surface area contributed by atoms with E-state index in [1.54, 1.807) is 27.7 Å². The first-order valence-corrected chi connectivity index (χ1v) is 7.78. The van der Waals surface area contributed by atoms with Crippen LogP contribution in [0.3, 0.4) is 0 Å². The van der Waals surface area contributed by atoms with Gasteiger partial charge in [0.1, 0.15) is 5.60 Å². The Morgan fingerprint density at radius 2 is 1.82 bits per heavy atom. The van der Waals surface area contributed by atoms with E-state index in [-0.39, 0.29) is 19.0 Å². The number of halogens is 3. The van der Waals surface area contributed by atoms with Gasteiger partial charge in [-0.2, -0.15) is 13.2 Å². The summed E-state index contributed by atoms with van der Waals surface area (Å²) in [5.41, 5.74) is -0.595. The molecule has 0 radical (unpaired) electrons. The summed E-state index contributed by atoms with van der Waals surface area (Å²) in [4.78, 5) is 11.6. The third kappa shape index (κ3) is 6.85. The highest BCUT2D eigenvalue weighted by Gasteiger charge is 2.45. The first-order chi connectivity index (χ1) is 9.99. The summed E-state index contributed by atoms with van der Waals surface area (Å²) < 4.78 is 44.1. The summed E-state index contributed by atoms with van der Waals surface area (Å²) in [6.07, 6.45) is -2.61. The second-order valence-corrected chi connectivity index (χ2v) is 6.99. The van der Waals surface area contributed by atoms with E-state index in [1.807, 2.05) is 0 Å². The number of amides is 1. The maximum Gasteiger partial charge on any atom is 0.407 e. The monoisotopic (exact) mass is 324 g/mol. The molecule has 0 heterocycles. The van der Waals surface area contributed by atoms with Crippen molar-refractivity contribution in [1.29, 1.82) is 0 Å². The molecule has 1 amide bonds. The molecule has 0 aliphatic heterocycles. The number of hydrogen-bond acceptors (Lipinski definition) is 3. The predicted molar refractivity (Wildman–Crippen MR) is 78.6 cm³/mol. The second-order valence-electron chi connectivity index (χ2n) is 6.99. The van der Waals surface area contributed by atoms with Crippen LogP contribution in [0, 0.1) is 5.92 Å². The molecule has 0 saturated heterocycles. The minimum Gasteiger partial charge on any atom is -0.444 e. The van der Waals surface area contributed by atoms with E-state index in [0.29, 0.717) is 12.8 Å². The minimum atomic E-state index is -4.17. The van der Waals surface area contributed by atoms with Gasteiger partial charge in [-0.1, -0.05) is 12.8 Å². The van der Waals surface area contributed by atoms with Crippen LogP contribution >= 0.6 is 0 Å². The van der Waals surface area contributed by atoms with Crippen LogP contribution in [0.15, 0.2) is 0 Å². The Kier molecular flexibility index (Phi) is 6.52. The minimum absolute atomic E-state index is 0.176. The Morgan fingerprint density at radius 1 is 1.23 bits per heavy atom. The van der Waals surface area contributed by atoms with Crippen LogP contribution in [-0.2, 0) is 4.74 Å². The lowest BCUT2D eigenvalue weighted by Crippen LogP contribution is -2.50. The van der Waals surface area contributed by atoms with E-state index in [9.17, 15) is 18.0 Å². The Bertz CT molecular complexity index is 367. The largest absolute Gasteiger partial charge is 0.444 e. The van der Waals surface area contributed by atoms with Gasteiger partial charge in [0.15, 0.2) is 0 Å². The van der Waals surface area contributed by atoms with Crippen LogP contribution in [0.4, 0.5) is 18.0 Å². The molecule has 1 aliphatic carbocycles. The van der Waals surface area contributed by atoms with Crippen molar-refractivity contribution in [2.24, 2.45) is 5.92 Å². The van der Waals surface area contributed by atoms with E-state index < -0.39 is 29.8 Å². The Morgan fingerprint density at radius 3 is 2.36 bits per heavy atom. The number of alkyl halides is 3. The van der Waals surface area contributed by atoms with Crippen molar-refractivity contribution in [3.8, 4) is 0 Å². The van der Waals surface area contributed by atoms with E-state index in [4.69, 9.17) is 4.74 Å². The molecule has 0 bridgehead atoms. The molecular weight excluding hydrogens is 297 g/mol. The van der Waals surface area contributed by atoms with Crippen LogP contribution in [0.2, 0.25) is 0 Å². The van der Waals surface area contributed by atoms with E-state index >= 15 is 0 Å². The smallest absolute Gasteiger partial charge is 0.407 e. The summed E-state index contributed by atoms with van der Waals surface area (Å²) >= 11 is 0. The zero-order valence-corrected chi connectivity index (χ0v) is 13.7. The third-order valence-corrected chi connectivity index (χ3v) is 3.64. The van der Waals surface area contributed by atoms with Gasteiger partial charge in [0, 0.05) is 18.6 Å². The zero-order valence-electron chi connectivity index (χ0n) is 13.7. The fraction of sp³-hybridized carbons (Fsp3) is 0.933. The number of alkyl carbamates (subject to hydrolysis) is 1. The fourth-order valence-corrected chi connectivity index (χ4v) is 2.65.